The van der Waals surface area contributed by atoms with Gasteiger partial charge in [0.1, 0.15) is 5.78 Å². The first-order valence-corrected chi connectivity index (χ1v) is 9.99. The first kappa shape index (κ1) is 16.5. The lowest BCUT2D eigenvalue weighted by molar-refractivity contribution is -0.129. The normalized spacial score (nSPS) is 46.6. The van der Waals surface area contributed by atoms with Gasteiger partial charge in [0.25, 0.3) is 0 Å². The van der Waals surface area contributed by atoms with Crippen LogP contribution in [0, 0.1) is 40.4 Å². The fraction of sp³-hybridized carbons (Fsp3) is 0.818. The van der Waals surface area contributed by atoms with Gasteiger partial charge in [-0.2, -0.15) is 0 Å². The maximum absolute atomic E-state index is 12.4. The lowest BCUT2D eigenvalue weighted by Crippen LogP contribution is -2.48. The van der Waals surface area contributed by atoms with E-state index >= 15 is 0 Å². The maximum atomic E-state index is 12.4. The second-order valence-corrected chi connectivity index (χ2v) is 10.0. The van der Waals surface area contributed by atoms with E-state index in [2.05, 4.69) is 20.8 Å². The molecule has 2 nitrogen and oxygen atoms in total. The van der Waals surface area contributed by atoms with Gasteiger partial charge in [0, 0.05) is 11.3 Å². The third-order valence-corrected chi connectivity index (χ3v) is 8.46. The Kier molecular flexibility index (Phi) is 3.64. The van der Waals surface area contributed by atoms with Crippen LogP contribution in [0.15, 0.2) is 11.6 Å². The molecule has 132 valence electrons. The van der Waals surface area contributed by atoms with Crippen molar-refractivity contribution in [3.63, 3.8) is 0 Å². The number of allylic oxidation sites excluding steroid dienone is 1. The summed E-state index contributed by atoms with van der Waals surface area (Å²) in [5.41, 5.74) is 1.51. The topological polar surface area (TPSA) is 34.1 Å². The minimum Gasteiger partial charge on any atom is -0.300 e. The summed E-state index contributed by atoms with van der Waals surface area (Å²) in [5.74, 6) is 3.93. The molecule has 0 bridgehead atoms. The number of carbonyl (C=O) groups excluding carboxylic acids is 2. The zero-order valence-electron chi connectivity index (χ0n) is 15.7. The number of hydrogen-bond acceptors (Lipinski definition) is 2. The molecule has 3 saturated carbocycles. The number of carbonyl (C=O) groups is 2. The Balaban J connectivity index is 1.64. The largest absolute Gasteiger partial charge is 0.300 e. The van der Waals surface area contributed by atoms with Gasteiger partial charge in [-0.1, -0.05) is 26.3 Å². The van der Waals surface area contributed by atoms with E-state index in [9.17, 15) is 9.59 Å². The number of rotatable bonds is 1. The second-order valence-electron chi connectivity index (χ2n) is 10.0. The average molecular weight is 328 g/mol. The van der Waals surface area contributed by atoms with E-state index in [1.165, 1.54) is 31.3 Å². The zero-order valence-corrected chi connectivity index (χ0v) is 15.7. The molecule has 2 heteroatoms. The fourth-order valence-electron chi connectivity index (χ4n) is 7.17. The van der Waals surface area contributed by atoms with Gasteiger partial charge in [0.15, 0.2) is 5.78 Å². The van der Waals surface area contributed by atoms with Gasteiger partial charge in [-0.3, -0.25) is 9.59 Å². The number of fused-ring (bicyclic) bond motifs is 5. The van der Waals surface area contributed by atoms with Crippen LogP contribution in [-0.2, 0) is 9.59 Å². The summed E-state index contributed by atoms with van der Waals surface area (Å²) in [5, 5.41) is 0. The van der Waals surface area contributed by atoms with Crippen LogP contribution in [0.3, 0.4) is 0 Å². The van der Waals surface area contributed by atoms with Crippen molar-refractivity contribution in [2.24, 2.45) is 40.4 Å². The molecule has 0 aliphatic heterocycles. The highest BCUT2D eigenvalue weighted by Crippen LogP contribution is 2.64. The molecule has 0 aromatic heterocycles. The standard InChI is InChI=1S/C22H32O2/c1-13(23)18-7-8-19-16-6-5-14-11-20(24)21(2,3)12-17(14)15(16)9-10-22(18,19)4/h11,15-19H,5-10,12H2,1-4H3/t15-,16+,17-,18+,19-,22+/m0/s1. The summed E-state index contributed by atoms with van der Waals surface area (Å²) in [6.45, 7) is 8.47. The van der Waals surface area contributed by atoms with E-state index in [4.69, 9.17) is 0 Å². The Bertz CT molecular complexity index is 613. The molecule has 4 rings (SSSR count). The molecule has 0 N–H and O–H groups in total. The van der Waals surface area contributed by atoms with Crippen LogP contribution in [0.2, 0.25) is 0 Å². The van der Waals surface area contributed by atoms with Gasteiger partial charge in [0.2, 0.25) is 0 Å². The van der Waals surface area contributed by atoms with Crippen LogP contribution in [0.25, 0.3) is 0 Å². The van der Waals surface area contributed by atoms with Gasteiger partial charge in [-0.15, -0.1) is 0 Å². The van der Waals surface area contributed by atoms with E-state index in [1.54, 1.807) is 6.92 Å². The Hall–Kier alpha value is -0.920. The minimum absolute atomic E-state index is 0.186. The monoisotopic (exact) mass is 328 g/mol. The lowest BCUT2D eigenvalue weighted by Gasteiger charge is -2.54. The van der Waals surface area contributed by atoms with E-state index in [1.807, 2.05) is 6.08 Å². The SMILES string of the molecule is CC(=O)[C@H]1CC[C@H]2[C@@H]3CCC4=CC(=O)C(C)(C)C[C@@H]4[C@H]3CC[C@]12C. The van der Waals surface area contributed by atoms with E-state index < -0.39 is 0 Å². The molecule has 0 heterocycles. The third kappa shape index (κ3) is 2.21. The molecular formula is C22H32O2. The molecule has 4 aliphatic rings. The van der Waals surface area contributed by atoms with Crippen molar-refractivity contribution in [1.29, 1.82) is 0 Å². The van der Waals surface area contributed by atoms with Crippen molar-refractivity contribution in [3.05, 3.63) is 11.6 Å². The van der Waals surface area contributed by atoms with Crippen LogP contribution < -0.4 is 0 Å². The van der Waals surface area contributed by atoms with Gasteiger partial charge in [0.05, 0.1) is 0 Å². The summed E-state index contributed by atoms with van der Waals surface area (Å²) in [4.78, 5) is 24.5. The van der Waals surface area contributed by atoms with Crippen molar-refractivity contribution in [1.82, 2.24) is 0 Å². The highest BCUT2D eigenvalue weighted by Gasteiger charge is 2.57. The first-order valence-electron chi connectivity index (χ1n) is 9.99. The van der Waals surface area contributed by atoms with Crippen LogP contribution in [0.5, 0.6) is 0 Å². The molecule has 0 aromatic carbocycles. The van der Waals surface area contributed by atoms with Gasteiger partial charge < -0.3 is 0 Å². The predicted octanol–water partition coefficient (Wildman–Crippen LogP) is 4.97. The Morgan fingerprint density at radius 3 is 2.54 bits per heavy atom. The van der Waals surface area contributed by atoms with Gasteiger partial charge >= 0.3 is 0 Å². The molecule has 6 atom stereocenters. The smallest absolute Gasteiger partial charge is 0.161 e. The molecule has 0 aromatic rings. The number of hydrogen-bond donors (Lipinski definition) is 0. The van der Waals surface area contributed by atoms with Crippen molar-refractivity contribution >= 4 is 11.6 Å². The molecule has 0 radical (unpaired) electrons. The summed E-state index contributed by atoms with van der Waals surface area (Å²) in [7, 11) is 0. The maximum Gasteiger partial charge on any atom is 0.161 e. The van der Waals surface area contributed by atoms with Gasteiger partial charge in [-0.25, -0.2) is 0 Å². The second kappa shape index (κ2) is 5.29. The van der Waals surface area contributed by atoms with Crippen molar-refractivity contribution in [2.45, 2.75) is 72.6 Å². The van der Waals surface area contributed by atoms with Crippen LogP contribution in [0.1, 0.15) is 72.6 Å². The lowest BCUT2D eigenvalue weighted by atomic mass is 9.50. The van der Waals surface area contributed by atoms with Crippen molar-refractivity contribution in [2.75, 3.05) is 0 Å². The molecule has 0 amide bonds. The summed E-state index contributed by atoms with van der Waals surface area (Å²) in [6, 6.07) is 0. The van der Waals surface area contributed by atoms with Crippen LogP contribution in [0.4, 0.5) is 0 Å². The number of ketones is 2. The summed E-state index contributed by atoms with van der Waals surface area (Å²) in [6.07, 6.45) is 10.2. The molecule has 3 fully saturated rings. The Morgan fingerprint density at radius 2 is 1.83 bits per heavy atom. The minimum atomic E-state index is -0.186. The Morgan fingerprint density at radius 1 is 1.08 bits per heavy atom. The quantitative estimate of drug-likeness (QED) is 0.681. The van der Waals surface area contributed by atoms with Crippen LogP contribution in [-0.4, -0.2) is 11.6 Å². The predicted molar refractivity (Wildman–Crippen MR) is 95.4 cm³/mol. The molecule has 24 heavy (non-hydrogen) atoms. The van der Waals surface area contributed by atoms with Crippen molar-refractivity contribution < 1.29 is 9.59 Å². The summed E-state index contributed by atoms with van der Waals surface area (Å²) >= 11 is 0. The molecule has 0 spiro atoms. The van der Waals surface area contributed by atoms with E-state index in [0.29, 0.717) is 23.4 Å². The highest BCUT2D eigenvalue weighted by molar-refractivity contribution is 5.96. The first-order chi connectivity index (χ1) is 11.2. The number of Topliss-reactive ketones (excluding diaryl/α,β-unsaturated/α-hetero) is 1. The average Bonchev–Trinajstić information content (AvgIpc) is 2.85. The van der Waals surface area contributed by atoms with Gasteiger partial charge in [-0.05, 0) is 87.0 Å². The van der Waals surface area contributed by atoms with Crippen molar-refractivity contribution in [3.8, 4) is 0 Å². The van der Waals surface area contributed by atoms with Crippen LogP contribution >= 0.6 is 0 Å². The molecular weight excluding hydrogens is 296 g/mol. The third-order valence-electron chi connectivity index (χ3n) is 8.46. The zero-order chi connectivity index (χ0) is 17.3. The molecule has 4 aliphatic carbocycles. The fourth-order valence-corrected chi connectivity index (χ4v) is 7.17. The Labute approximate surface area is 146 Å². The molecule has 0 saturated heterocycles. The van der Waals surface area contributed by atoms with E-state index in [-0.39, 0.29) is 10.8 Å². The summed E-state index contributed by atoms with van der Waals surface area (Å²) < 4.78 is 0. The van der Waals surface area contributed by atoms with E-state index in [0.717, 1.165) is 37.0 Å². The molecule has 0 unspecified atom stereocenters. The highest BCUT2D eigenvalue weighted by atomic mass is 16.1.